The maximum atomic E-state index is 10.2. The molecule has 0 aromatic heterocycles. The fourth-order valence-corrected chi connectivity index (χ4v) is 4.45. The van der Waals surface area contributed by atoms with Crippen molar-refractivity contribution in [3.8, 4) is 11.5 Å². The lowest BCUT2D eigenvalue weighted by Crippen LogP contribution is -2.61. The first-order valence-electron chi connectivity index (χ1n) is 11.6. The zero-order valence-corrected chi connectivity index (χ0v) is 20.2. The van der Waals surface area contributed by atoms with Gasteiger partial charge in [-0.25, -0.2) is 0 Å². The quantitative estimate of drug-likeness (QED) is 0.437. The van der Waals surface area contributed by atoms with Crippen LogP contribution in [0.25, 0.3) is 0 Å². The van der Waals surface area contributed by atoms with Crippen LogP contribution in [-0.4, -0.2) is 61.8 Å². The molecule has 1 saturated heterocycles. The number of aliphatic hydroxyl groups excluding tert-OH is 1. The van der Waals surface area contributed by atoms with Crippen LogP contribution in [0, 0.1) is 0 Å². The van der Waals surface area contributed by atoms with Crippen LogP contribution >= 0.6 is 23.2 Å². The number of hydrogen-bond donors (Lipinski definition) is 3. The molecule has 0 bridgehead atoms. The number of rotatable bonds is 11. The van der Waals surface area contributed by atoms with Gasteiger partial charge in [0.15, 0.2) is 5.60 Å². The minimum Gasteiger partial charge on any atom is -0.491 e. The molecule has 3 N–H and O–H groups in total. The van der Waals surface area contributed by atoms with E-state index in [9.17, 15) is 5.11 Å². The van der Waals surface area contributed by atoms with Crippen LogP contribution in [0.15, 0.2) is 48.5 Å². The van der Waals surface area contributed by atoms with Crippen molar-refractivity contribution in [2.75, 3.05) is 32.9 Å². The Bertz CT molecular complexity index is 854. The summed E-state index contributed by atoms with van der Waals surface area (Å²) in [6.45, 7) is 2.72. The highest BCUT2D eigenvalue weighted by atomic mass is 35.5. The molecule has 6 nitrogen and oxygen atoms in total. The average Bonchev–Trinajstić information content (AvgIpc) is 2.81. The topological polar surface area (TPSA) is 72.0 Å². The van der Waals surface area contributed by atoms with Crippen molar-refractivity contribution in [2.24, 2.45) is 0 Å². The van der Waals surface area contributed by atoms with Crippen molar-refractivity contribution in [1.29, 1.82) is 0 Å². The Balaban J connectivity index is 1.12. The lowest BCUT2D eigenvalue weighted by atomic mass is 9.90. The monoisotopic (exact) mass is 494 g/mol. The second-order valence-corrected chi connectivity index (χ2v) is 9.86. The van der Waals surface area contributed by atoms with Crippen LogP contribution in [-0.2, 0) is 4.74 Å². The highest BCUT2D eigenvalue weighted by Gasteiger charge is 2.41. The van der Waals surface area contributed by atoms with E-state index < -0.39 is 6.10 Å². The molecule has 1 aliphatic carbocycles. The molecule has 8 heteroatoms. The summed E-state index contributed by atoms with van der Waals surface area (Å²) in [5.74, 6) is 1.52. The van der Waals surface area contributed by atoms with Crippen molar-refractivity contribution in [1.82, 2.24) is 10.6 Å². The summed E-state index contributed by atoms with van der Waals surface area (Å²) in [6, 6.07) is 15.5. The Hall–Kier alpha value is -1.54. The number of nitrogens with one attached hydrogen (secondary N) is 2. The van der Waals surface area contributed by atoms with Gasteiger partial charge in [0.25, 0.3) is 0 Å². The Morgan fingerprint density at radius 1 is 0.879 bits per heavy atom. The van der Waals surface area contributed by atoms with Gasteiger partial charge in [-0.2, -0.15) is 0 Å². The first-order chi connectivity index (χ1) is 16.0. The third kappa shape index (κ3) is 7.47. The highest BCUT2D eigenvalue weighted by molar-refractivity contribution is 6.30. The second kappa shape index (κ2) is 11.7. The Morgan fingerprint density at radius 3 is 1.97 bits per heavy atom. The fourth-order valence-electron chi connectivity index (χ4n) is 4.20. The van der Waals surface area contributed by atoms with Crippen LogP contribution in [0.5, 0.6) is 11.5 Å². The first kappa shape index (κ1) is 24.6. The van der Waals surface area contributed by atoms with E-state index >= 15 is 0 Å². The van der Waals surface area contributed by atoms with E-state index in [1.807, 2.05) is 24.3 Å². The average molecular weight is 495 g/mol. The zero-order valence-electron chi connectivity index (χ0n) is 18.6. The SMILES string of the molecule is OC(CNC1CCC(NCC2(Oc3ccc(Cl)cc3)COC2)CC1)COc1ccc(Cl)cc1. The molecule has 1 unspecified atom stereocenters. The first-order valence-corrected chi connectivity index (χ1v) is 12.3. The number of ether oxygens (including phenoxy) is 3. The van der Waals surface area contributed by atoms with Crippen molar-refractivity contribution >= 4 is 23.2 Å². The standard InChI is InChI=1S/C25H32Cl2N2O4/c26-18-1-9-23(10-2-18)32-14-22(30)13-28-20-5-7-21(8-6-20)29-15-25(16-31-17-25)33-24-11-3-19(27)4-12-24/h1-4,9-12,20-22,28-30H,5-8,13-17H2. The van der Waals surface area contributed by atoms with Gasteiger partial charge in [0.05, 0.1) is 13.2 Å². The molecule has 1 aliphatic heterocycles. The van der Waals surface area contributed by atoms with Gasteiger partial charge < -0.3 is 30.0 Å². The van der Waals surface area contributed by atoms with E-state index in [-0.39, 0.29) is 12.2 Å². The van der Waals surface area contributed by atoms with Crippen molar-refractivity contribution < 1.29 is 19.3 Å². The molecule has 0 spiro atoms. The summed E-state index contributed by atoms with van der Waals surface area (Å²) in [5.41, 5.74) is -0.308. The maximum absolute atomic E-state index is 10.2. The zero-order chi connectivity index (χ0) is 23.1. The van der Waals surface area contributed by atoms with Gasteiger partial charge in [-0.05, 0) is 74.2 Å². The molecule has 180 valence electrons. The Morgan fingerprint density at radius 2 is 1.42 bits per heavy atom. The molecule has 2 aromatic carbocycles. The largest absolute Gasteiger partial charge is 0.491 e. The fraction of sp³-hybridized carbons (Fsp3) is 0.520. The molecule has 0 radical (unpaired) electrons. The van der Waals surface area contributed by atoms with Gasteiger partial charge in [-0.1, -0.05) is 23.2 Å². The molecular formula is C25H32Cl2N2O4. The molecule has 33 heavy (non-hydrogen) atoms. The molecule has 4 rings (SSSR count). The normalized spacial score (nSPS) is 22.9. The molecule has 2 fully saturated rings. The van der Waals surface area contributed by atoms with Crippen LogP contribution < -0.4 is 20.1 Å². The van der Waals surface area contributed by atoms with Crippen LogP contribution in [0.4, 0.5) is 0 Å². The summed E-state index contributed by atoms with van der Waals surface area (Å²) in [4.78, 5) is 0. The predicted molar refractivity (Wildman–Crippen MR) is 131 cm³/mol. The third-order valence-electron chi connectivity index (χ3n) is 6.22. The molecule has 1 saturated carbocycles. The van der Waals surface area contributed by atoms with E-state index in [2.05, 4.69) is 10.6 Å². The van der Waals surface area contributed by atoms with Crippen molar-refractivity contribution in [2.45, 2.75) is 49.5 Å². The summed E-state index contributed by atoms with van der Waals surface area (Å²) in [6.07, 6.45) is 3.77. The highest BCUT2D eigenvalue weighted by Crippen LogP contribution is 2.27. The van der Waals surface area contributed by atoms with E-state index in [0.717, 1.165) is 38.0 Å². The lowest BCUT2D eigenvalue weighted by Gasteiger charge is -2.43. The van der Waals surface area contributed by atoms with E-state index in [0.29, 0.717) is 47.6 Å². The maximum Gasteiger partial charge on any atom is 0.167 e. The lowest BCUT2D eigenvalue weighted by molar-refractivity contribution is -0.159. The number of benzene rings is 2. The Kier molecular flexibility index (Phi) is 8.74. The summed E-state index contributed by atoms with van der Waals surface area (Å²) >= 11 is 11.8. The van der Waals surface area contributed by atoms with Gasteiger partial charge in [0, 0.05) is 35.2 Å². The van der Waals surface area contributed by atoms with Crippen LogP contribution in [0.1, 0.15) is 25.7 Å². The van der Waals surface area contributed by atoms with Gasteiger partial charge in [-0.3, -0.25) is 0 Å². The predicted octanol–water partition coefficient (Wildman–Crippen LogP) is 4.07. The molecule has 0 amide bonds. The van der Waals surface area contributed by atoms with Gasteiger partial charge in [0.2, 0.25) is 0 Å². The van der Waals surface area contributed by atoms with Crippen molar-refractivity contribution in [3.63, 3.8) is 0 Å². The summed E-state index contributed by atoms with van der Waals surface area (Å²) in [7, 11) is 0. The van der Waals surface area contributed by atoms with Crippen LogP contribution in [0.2, 0.25) is 10.0 Å². The molecule has 2 aromatic rings. The van der Waals surface area contributed by atoms with Gasteiger partial charge in [0.1, 0.15) is 24.2 Å². The molecule has 1 atom stereocenters. The Labute approximate surface area is 205 Å². The van der Waals surface area contributed by atoms with Gasteiger partial charge in [-0.15, -0.1) is 0 Å². The van der Waals surface area contributed by atoms with Crippen molar-refractivity contribution in [3.05, 3.63) is 58.6 Å². The smallest absolute Gasteiger partial charge is 0.167 e. The number of hydrogen-bond acceptors (Lipinski definition) is 6. The third-order valence-corrected chi connectivity index (χ3v) is 6.72. The summed E-state index contributed by atoms with van der Waals surface area (Å²) in [5, 5.41) is 18.8. The van der Waals surface area contributed by atoms with Gasteiger partial charge >= 0.3 is 0 Å². The molecular weight excluding hydrogens is 463 g/mol. The summed E-state index contributed by atoms with van der Waals surface area (Å²) < 4.78 is 17.3. The molecule has 1 heterocycles. The molecule has 2 aliphatic rings. The number of halogens is 2. The minimum absolute atomic E-state index is 0.253. The number of aliphatic hydroxyl groups is 1. The van der Waals surface area contributed by atoms with E-state index in [1.54, 1.807) is 24.3 Å². The van der Waals surface area contributed by atoms with E-state index in [4.69, 9.17) is 37.4 Å². The second-order valence-electron chi connectivity index (χ2n) is 8.99. The van der Waals surface area contributed by atoms with Crippen LogP contribution in [0.3, 0.4) is 0 Å². The van der Waals surface area contributed by atoms with E-state index in [1.165, 1.54) is 0 Å². The minimum atomic E-state index is -0.556.